The molecule has 5 N–H and O–H groups in total. The Morgan fingerprint density at radius 1 is 1.00 bits per heavy atom. The first-order valence-corrected chi connectivity index (χ1v) is 8.01. The van der Waals surface area contributed by atoms with Crippen LogP contribution in [0.3, 0.4) is 0 Å². The van der Waals surface area contributed by atoms with Crippen LogP contribution in [0, 0.1) is 34.3 Å². The summed E-state index contributed by atoms with van der Waals surface area (Å²) in [6, 6.07) is 3.95. The van der Waals surface area contributed by atoms with Crippen LogP contribution in [-0.4, -0.2) is 28.7 Å². The second kappa shape index (κ2) is 15.2. The highest BCUT2D eigenvalue weighted by Crippen LogP contribution is 2.16. The van der Waals surface area contributed by atoms with Gasteiger partial charge in [-0.15, -0.1) is 0 Å². The van der Waals surface area contributed by atoms with E-state index in [-0.39, 0.29) is 6.61 Å². The molecule has 2 heterocycles. The smallest absolute Gasteiger partial charge is 0.207 e. The average molecular weight is 345 g/mol. The third-order valence-electron chi connectivity index (χ3n) is 2.92. The van der Waals surface area contributed by atoms with Gasteiger partial charge in [-0.25, -0.2) is 4.85 Å². The molecule has 0 bridgehead atoms. The van der Waals surface area contributed by atoms with E-state index in [1.807, 2.05) is 39.1 Å². The number of pyridine rings is 2. The molecule has 2 rings (SSSR count). The summed E-state index contributed by atoms with van der Waals surface area (Å²) < 4.78 is 0. The van der Waals surface area contributed by atoms with Crippen molar-refractivity contribution < 1.29 is 5.11 Å². The van der Waals surface area contributed by atoms with E-state index in [9.17, 15) is 0 Å². The van der Waals surface area contributed by atoms with Crippen LogP contribution >= 0.6 is 0 Å². The molecule has 0 amide bonds. The van der Waals surface area contributed by atoms with Crippen molar-refractivity contribution in [3.63, 3.8) is 0 Å². The quantitative estimate of drug-likeness (QED) is 0.690. The van der Waals surface area contributed by atoms with Gasteiger partial charge < -0.3 is 16.6 Å². The molecule has 0 radical (unpaired) electrons. The van der Waals surface area contributed by atoms with Gasteiger partial charge >= 0.3 is 0 Å². The number of nitrogens with two attached hydrogens (primary N) is 2. The summed E-state index contributed by atoms with van der Waals surface area (Å²) in [5.41, 5.74) is 16.0. The summed E-state index contributed by atoms with van der Waals surface area (Å²) >= 11 is 0. The predicted octanol–water partition coefficient (Wildman–Crippen LogP) is 2.98. The van der Waals surface area contributed by atoms with Gasteiger partial charge in [0, 0.05) is 36.9 Å². The van der Waals surface area contributed by atoms with Crippen LogP contribution in [-0.2, 0) is 6.54 Å². The predicted molar refractivity (Wildman–Crippen MR) is 104 cm³/mol. The molecule has 2 aromatic heterocycles. The first kappa shape index (κ1) is 24.9. The molecular weight excluding hydrogens is 314 g/mol. The minimum Gasteiger partial charge on any atom is -0.397 e. The highest BCUT2D eigenvalue weighted by molar-refractivity contribution is 5.49. The Morgan fingerprint density at radius 2 is 1.44 bits per heavy atom. The van der Waals surface area contributed by atoms with Gasteiger partial charge in [-0.05, 0) is 70.5 Å². The summed E-state index contributed by atoms with van der Waals surface area (Å²) in [7, 11) is 1.50. The minimum absolute atomic E-state index is 0.250. The van der Waals surface area contributed by atoms with Gasteiger partial charge in [-0.3, -0.25) is 9.97 Å². The first-order valence-electron chi connectivity index (χ1n) is 8.01. The second-order valence-corrected chi connectivity index (χ2v) is 5.00. The molecule has 0 spiro atoms. The highest BCUT2D eigenvalue weighted by Gasteiger charge is 1.96. The Kier molecular flexibility index (Phi) is 15.2. The first-order chi connectivity index (χ1) is 11.9. The number of aliphatic hydroxyl groups excluding tert-OH is 1. The maximum Gasteiger partial charge on any atom is 0.207 e. The molecule has 2 aromatic rings. The molecule has 0 atom stereocenters. The lowest BCUT2D eigenvalue weighted by Crippen LogP contribution is -2.00. The third kappa shape index (κ3) is 11.0. The Labute approximate surface area is 151 Å². The molecule has 0 fully saturated rings. The topological polar surface area (TPSA) is 102 Å². The van der Waals surface area contributed by atoms with Crippen molar-refractivity contribution in [2.75, 3.05) is 13.7 Å². The molecule has 0 aliphatic heterocycles. The van der Waals surface area contributed by atoms with Crippen molar-refractivity contribution in [2.24, 2.45) is 11.5 Å². The largest absolute Gasteiger partial charge is 0.397 e. The molecule has 0 unspecified atom stereocenters. The second-order valence-electron chi connectivity index (χ2n) is 5.00. The number of nitrogens with zero attached hydrogens (tertiary/aromatic N) is 3. The SMILES string of the molecule is CCO.CN.Cc1cc(C)c(CN)cn1.[C-]#[N+]c1cnc(C)cc1C. The Morgan fingerprint density at radius 3 is 1.80 bits per heavy atom. The fraction of sp³-hybridized carbons (Fsp3) is 0.421. The molecule has 6 heteroatoms. The molecule has 0 aliphatic carbocycles. The molecule has 138 valence electrons. The average Bonchev–Trinajstić information content (AvgIpc) is 2.58. The lowest BCUT2D eigenvalue weighted by molar-refractivity contribution is 0.318. The van der Waals surface area contributed by atoms with E-state index < -0.39 is 0 Å². The zero-order valence-electron chi connectivity index (χ0n) is 16.2. The van der Waals surface area contributed by atoms with E-state index in [0.29, 0.717) is 12.2 Å². The number of rotatable bonds is 1. The Bertz CT molecular complexity index is 651. The zero-order valence-corrected chi connectivity index (χ0v) is 16.2. The number of hydrogen-bond acceptors (Lipinski definition) is 5. The molecule has 0 saturated heterocycles. The summed E-state index contributed by atoms with van der Waals surface area (Å²) in [5.74, 6) is 0. The van der Waals surface area contributed by atoms with Crippen molar-refractivity contribution in [3.05, 3.63) is 64.0 Å². The fourth-order valence-corrected chi connectivity index (χ4v) is 1.74. The van der Waals surface area contributed by atoms with Crippen molar-refractivity contribution in [2.45, 2.75) is 41.2 Å². The van der Waals surface area contributed by atoms with E-state index in [1.54, 1.807) is 13.1 Å². The van der Waals surface area contributed by atoms with Crippen LogP contribution in [0.5, 0.6) is 0 Å². The maximum absolute atomic E-state index is 7.57. The lowest BCUT2D eigenvalue weighted by Gasteiger charge is -2.01. The lowest BCUT2D eigenvalue weighted by atomic mass is 10.1. The van der Waals surface area contributed by atoms with Gasteiger partial charge in [-0.2, -0.15) is 0 Å². The van der Waals surface area contributed by atoms with Gasteiger partial charge in [0.2, 0.25) is 5.69 Å². The van der Waals surface area contributed by atoms with Crippen LogP contribution in [0.25, 0.3) is 4.85 Å². The summed E-state index contributed by atoms with van der Waals surface area (Å²) in [4.78, 5) is 11.4. The molecule has 6 nitrogen and oxygen atoms in total. The zero-order chi connectivity index (χ0) is 19.8. The van der Waals surface area contributed by atoms with Crippen LogP contribution in [0.15, 0.2) is 24.5 Å². The van der Waals surface area contributed by atoms with E-state index in [2.05, 4.69) is 27.5 Å². The minimum atomic E-state index is 0.250. The number of aryl methyl sites for hydroxylation is 4. The van der Waals surface area contributed by atoms with E-state index in [4.69, 9.17) is 17.4 Å². The van der Waals surface area contributed by atoms with Gasteiger partial charge in [0.25, 0.3) is 0 Å². The van der Waals surface area contributed by atoms with Gasteiger partial charge in [0.05, 0.1) is 6.57 Å². The maximum atomic E-state index is 7.57. The van der Waals surface area contributed by atoms with Crippen molar-refractivity contribution in [3.8, 4) is 0 Å². The molecule has 0 aromatic carbocycles. The van der Waals surface area contributed by atoms with E-state index >= 15 is 0 Å². The Balaban J connectivity index is 0. The number of aliphatic hydroxyl groups is 1. The van der Waals surface area contributed by atoms with Gasteiger partial charge in [-0.1, -0.05) is 0 Å². The normalized spacial score (nSPS) is 8.48. The van der Waals surface area contributed by atoms with Gasteiger partial charge in [0.1, 0.15) is 0 Å². The number of aromatic nitrogens is 2. The number of hydrogen-bond donors (Lipinski definition) is 3. The summed E-state index contributed by atoms with van der Waals surface area (Å²) in [5, 5.41) is 7.57. The van der Waals surface area contributed by atoms with Crippen LogP contribution < -0.4 is 11.5 Å². The van der Waals surface area contributed by atoms with Crippen LogP contribution in [0.1, 0.15) is 35.0 Å². The highest BCUT2D eigenvalue weighted by atomic mass is 16.2. The van der Waals surface area contributed by atoms with E-state index in [1.165, 1.54) is 12.6 Å². The van der Waals surface area contributed by atoms with E-state index in [0.717, 1.165) is 22.5 Å². The summed E-state index contributed by atoms with van der Waals surface area (Å²) in [6.07, 6.45) is 3.45. The van der Waals surface area contributed by atoms with Crippen molar-refractivity contribution >= 4 is 5.69 Å². The molecule has 0 aliphatic rings. The third-order valence-corrected chi connectivity index (χ3v) is 2.92. The monoisotopic (exact) mass is 345 g/mol. The van der Waals surface area contributed by atoms with Crippen LogP contribution in [0.4, 0.5) is 5.69 Å². The molecule has 0 saturated carbocycles. The fourth-order valence-electron chi connectivity index (χ4n) is 1.74. The van der Waals surface area contributed by atoms with Crippen molar-refractivity contribution in [1.82, 2.24) is 9.97 Å². The van der Waals surface area contributed by atoms with Gasteiger partial charge in [0.15, 0.2) is 0 Å². The summed E-state index contributed by atoms with van der Waals surface area (Å²) in [6.45, 7) is 17.1. The molecular formula is C19H31N5O. The van der Waals surface area contributed by atoms with Crippen molar-refractivity contribution in [1.29, 1.82) is 0 Å². The Hall–Kier alpha value is -2.33. The standard InChI is InChI=1S/C8H8N2.C8H12N2.C2H6O.CH5N/c1-6-4-7(2)10-5-8(6)9-3;1-6-3-7(2)10-5-8(6)4-9;1-2-3;1-2/h4-5H,1-2H3;3,5H,4,9H2,1-2H3;3H,2H2,1H3;2H2,1H3. The molecule has 25 heavy (non-hydrogen) atoms. The van der Waals surface area contributed by atoms with Crippen LogP contribution in [0.2, 0.25) is 0 Å².